The highest BCUT2D eigenvalue weighted by Gasteiger charge is 2.27. The third-order valence-corrected chi connectivity index (χ3v) is 5.26. The fraction of sp³-hybridized carbons (Fsp3) is 0.500. The van der Waals surface area contributed by atoms with Crippen LogP contribution in [0.15, 0.2) is 18.2 Å². The Morgan fingerprint density at radius 3 is 2.60 bits per heavy atom. The van der Waals surface area contributed by atoms with Gasteiger partial charge in [-0.1, -0.05) is 11.6 Å². The second kappa shape index (κ2) is 6.26. The Balaban J connectivity index is 2.05. The van der Waals surface area contributed by atoms with Crippen LogP contribution in [-0.4, -0.2) is 32.4 Å². The van der Waals surface area contributed by atoms with Gasteiger partial charge in [-0.3, -0.25) is 4.72 Å². The van der Waals surface area contributed by atoms with Gasteiger partial charge in [-0.25, -0.2) is 4.39 Å². The lowest BCUT2D eigenvalue weighted by Gasteiger charge is -2.30. The minimum atomic E-state index is -3.66. The molecule has 1 aromatic rings. The number of hydrogen-bond acceptors (Lipinski definition) is 3. The summed E-state index contributed by atoms with van der Waals surface area (Å²) in [5.41, 5.74) is 5.73. The van der Waals surface area contributed by atoms with Gasteiger partial charge in [-0.2, -0.15) is 12.7 Å². The molecule has 0 bridgehead atoms. The second-order valence-corrected chi connectivity index (χ2v) is 6.89. The number of rotatable bonds is 4. The highest BCUT2D eigenvalue weighted by molar-refractivity contribution is 7.90. The van der Waals surface area contributed by atoms with Crippen LogP contribution in [0.4, 0.5) is 10.1 Å². The molecule has 1 fully saturated rings. The van der Waals surface area contributed by atoms with Gasteiger partial charge in [-0.15, -0.1) is 0 Å². The molecule has 0 aliphatic carbocycles. The third-order valence-electron chi connectivity index (χ3n) is 3.41. The normalized spacial score (nSPS) is 18.1. The Hall–Kier alpha value is -0.890. The predicted molar refractivity (Wildman–Crippen MR) is 77.3 cm³/mol. The molecule has 0 unspecified atom stereocenters. The van der Waals surface area contributed by atoms with Crippen LogP contribution in [0.25, 0.3) is 0 Å². The summed E-state index contributed by atoms with van der Waals surface area (Å²) >= 11 is 5.56. The van der Waals surface area contributed by atoms with Crippen LogP contribution in [0.2, 0.25) is 5.02 Å². The zero-order chi connectivity index (χ0) is 14.8. The molecule has 8 heteroatoms. The Labute approximate surface area is 123 Å². The summed E-state index contributed by atoms with van der Waals surface area (Å²) in [4.78, 5) is 0. The molecule has 1 aliphatic heterocycles. The largest absolute Gasteiger partial charge is 0.330 e. The zero-order valence-electron chi connectivity index (χ0n) is 10.9. The number of piperidine rings is 1. The van der Waals surface area contributed by atoms with Crippen molar-refractivity contribution in [3.05, 3.63) is 29.0 Å². The van der Waals surface area contributed by atoms with Gasteiger partial charge in [0.05, 0.1) is 10.7 Å². The number of hydrogen-bond donors (Lipinski definition) is 2. The molecule has 1 aliphatic rings. The first-order valence-electron chi connectivity index (χ1n) is 6.35. The van der Waals surface area contributed by atoms with E-state index in [1.807, 2.05) is 0 Å². The SMILES string of the molecule is NCC1CCN(S(=O)(=O)Nc2ccc(Cl)c(F)c2)CC1. The van der Waals surface area contributed by atoms with Crippen molar-refractivity contribution < 1.29 is 12.8 Å². The topological polar surface area (TPSA) is 75.4 Å². The van der Waals surface area contributed by atoms with E-state index in [0.717, 1.165) is 18.9 Å². The van der Waals surface area contributed by atoms with Crippen molar-refractivity contribution in [3.63, 3.8) is 0 Å². The lowest BCUT2D eigenvalue weighted by atomic mass is 9.99. The van der Waals surface area contributed by atoms with E-state index in [4.69, 9.17) is 17.3 Å². The van der Waals surface area contributed by atoms with Gasteiger partial charge >= 0.3 is 10.2 Å². The quantitative estimate of drug-likeness (QED) is 0.888. The number of halogens is 2. The molecule has 0 atom stereocenters. The molecule has 1 heterocycles. The molecule has 2 rings (SSSR count). The molecule has 5 nitrogen and oxygen atoms in total. The van der Waals surface area contributed by atoms with Crippen molar-refractivity contribution in [2.24, 2.45) is 11.7 Å². The number of anilines is 1. The van der Waals surface area contributed by atoms with Crippen molar-refractivity contribution in [2.45, 2.75) is 12.8 Å². The molecular weight excluding hydrogens is 305 g/mol. The maximum absolute atomic E-state index is 13.3. The maximum Gasteiger partial charge on any atom is 0.301 e. The van der Waals surface area contributed by atoms with Crippen molar-refractivity contribution in [2.75, 3.05) is 24.4 Å². The molecule has 0 radical (unpaired) electrons. The summed E-state index contributed by atoms with van der Waals surface area (Å²) in [6.45, 7) is 1.42. The van der Waals surface area contributed by atoms with Gasteiger partial charge in [0, 0.05) is 13.1 Å². The monoisotopic (exact) mass is 321 g/mol. The van der Waals surface area contributed by atoms with Crippen LogP contribution < -0.4 is 10.5 Å². The first kappa shape index (κ1) is 15.5. The molecule has 0 saturated carbocycles. The van der Waals surface area contributed by atoms with E-state index in [1.54, 1.807) is 0 Å². The summed E-state index contributed by atoms with van der Waals surface area (Å²) in [6.07, 6.45) is 1.48. The zero-order valence-corrected chi connectivity index (χ0v) is 12.4. The molecule has 3 N–H and O–H groups in total. The van der Waals surface area contributed by atoms with Crippen molar-refractivity contribution in [1.29, 1.82) is 0 Å². The van der Waals surface area contributed by atoms with E-state index in [-0.39, 0.29) is 10.7 Å². The van der Waals surface area contributed by atoms with Gasteiger partial charge < -0.3 is 5.73 Å². The molecule has 0 amide bonds. The maximum atomic E-state index is 13.3. The van der Waals surface area contributed by atoms with Crippen LogP contribution in [0, 0.1) is 11.7 Å². The summed E-state index contributed by atoms with van der Waals surface area (Å²) in [5, 5.41) is -0.0447. The average Bonchev–Trinajstić information content (AvgIpc) is 2.43. The molecule has 112 valence electrons. The first-order chi connectivity index (χ1) is 9.42. The van der Waals surface area contributed by atoms with Gasteiger partial charge in [0.1, 0.15) is 5.82 Å². The van der Waals surface area contributed by atoms with Crippen LogP contribution >= 0.6 is 11.6 Å². The molecule has 1 aromatic carbocycles. The van der Waals surface area contributed by atoms with Crippen molar-refractivity contribution >= 4 is 27.5 Å². The third kappa shape index (κ3) is 3.60. The number of nitrogens with zero attached hydrogens (tertiary/aromatic N) is 1. The van der Waals surface area contributed by atoms with E-state index < -0.39 is 16.0 Å². The molecule has 0 spiro atoms. The molecule has 20 heavy (non-hydrogen) atoms. The lowest BCUT2D eigenvalue weighted by Crippen LogP contribution is -2.42. The van der Waals surface area contributed by atoms with E-state index in [9.17, 15) is 12.8 Å². The minimum absolute atomic E-state index is 0.0447. The second-order valence-electron chi connectivity index (χ2n) is 4.81. The summed E-state index contributed by atoms with van der Waals surface area (Å²) in [5.74, 6) is -0.289. The lowest BCUT2D eigenvalue weighted by molar-refractivity contribution is 0.280. The van der Waals surface area contributed by atoms with Crippen molar-refractivity contribution in [3.8, 4) is 0 Å². The van der Waals surface area contributed by atoms with Crippen LogP contribution in [0.1, 0.15) is 12.8 Å². The standard InChI is InChI=1S/C12H17ClFN3O2S/c13-11-2-1-10(7-12(11)14)16-20(18,19)17-5-3-9(8-15)4-6-17/h1-2,7,9,16H,3-6,8,15H2. The van der Waals surface area contributed by atoms with Crippen LogP contribution in [-0.2, 0) is 10.2 Å². The number of nitrogens with one attached hydrogen (secondary N) is 1. The van der Waals surface area contributed by atoms with Gasteiger partial charge in [0.25, 0.3) is 0 Å². The smallest absolute Gasteiger partial charge is 0.301 e. The van der Waals surface area contributed by atoms with E-state index >= 15 is 0 Å². The summed E-state index contributed by atoms with van der Waals surface area (Å²) < 4.78 is 41.4. The van der Waals surface area contributed by atoms with Crippen LogP contribution in [0.5, 0.6) is 0 Å². The van der Waals surface area contributed by atoms with Crippen LogP contribution in [0.3, 0.4) is 0 Å². The predicted octanol–water partition coefficient (Wildman–Crippen LogP) is 1.81. The highest BCUT2D eigenvalue weighted by Crippen LogP contribution is 2.22. The Bertz CT molecular complexity index is 574. The van der Waals surface area contributed by atoms with Crippen molar-refractivity contribution in [1.82, 2.24) is 4.31 Å². The van der Waals surface area contributed by atoms with E-state index in [0.29, 0.717) is 25.6 Å². The van der Waals surface area contributed by atoms with E-state index in [1.165, 1.54) is 16.4 Å². The van der Waals surface area contributed by atoms with Gasteiger partial charge in [0.2, 0.25) is 0 Å². The summed E-state index contributed by atoms with van der Waals surface area (Å²) in [6, 6.07) is 3.80. The van der Waals surface area contributed by atoms with E-state index in [2.05, 4.69) is 4.72 Å². The minimum Gasteiger partial charge on any atom is -0.330 e. The highest BCUT2D eigenvalue weighted by atomic mass is 35.5. The first-order valence-corrected chi connectivity index (χ1v) is 8.17. The molecule has 0 aromatic heterocycles. The van der Waals surface area contributed by atoms with Gasteiger partial charge in [-0.05, 0) is 43.5 Å². The fourth-order valence-electron chi connectivity index (χ4n) is 2.16. The molecule has 1 saturated heterocycles. The Morgan fingerprint density at radius 2 is 2.05 bits per heavy atom. The summed E-state index contributed by atoms with van der Waals surface area (Å²) in [7, 11) is -3.66. The molecular formula is C12H17ClFN3O2S. The van der Waals surface area contributed by atoms with Gasteiger partial charge in [0.15, 0.2) is 0 Å². The number of benzene rings is 1. The Morgan fingerprint density at radius 1 is 1.40 bits per heavy atom. The fourth-order valence-corrected chi connectivity index (χ4v) is 3.52. The number of nitrogens with two attached hydrogens (primary N) is 1. The average molecular weight is 322 g/mol. The Kier molecular flexibility index (Phi) is 4.85.